The van der Waals surface area contributed by atoms with Gasteiger partial charge in [-0.15, -0.1) is 0 Å². The summed E-state index contributed by atoms with van der Waals surface area (Å²) in [7, 11) is -3.34. The Balaban J connectivity index is 3.97. The largest absolute Gasteiger partial charge is 0.465 e. The summed E-state index contributed by atoms with van der Waals surface area (Å²) in [6.45, 7) is 6.73. The van der Waals surface area contributed by atoms with E-state index in [-0.39, 0.29) is 18.4 Å². The highest BCUT2D eigenvalue weighted by Gasteiger charge is 2.18. The summed E-state index contributed by atoms with van der Waals surface area (Å²) >= 11 is 0. The molecule has 0 aromatic rings. The number of carbonyl (C=O) groups is 1. The molecule has 1 N–H and O–H groups in total. The van der Waals surface area contributed by atoms with Crippen LogP contribution in [0.15, 0.2) is 0 Å². The zero-order valence-corrected chi connectivity index (χ0v) is 11.7. The first-order chi connectivity index (χ1) is 7.91. The van der Waals surface area contributed by atoms with Crippen LogP contribution >= 0.6 is 0 Å². The lowest BCUT2D eigenvalue weighted by atomic mass is 10.2. The van der Waals surface area contributed by atoms with E-state index in [0.717, 1.165) is 13.0 Å². The van der Waals surface area contributed by atoms with Crippen LogP contribution in [-0.2, 0) is 19.4 Å². The molecule has 0 aliphatic rings. The van der Waals surface area contributed by atoms with Gasteiger partial charge in [0.15, 0.2) is 9.84 Å². The van der Waals surface area contributed by atoms with Gasteiger partial charge in [0, 0.05) is 6.04 Å². The number of sulfone groups is 1. The fourth-order valence-corrected chi connectivity index (χ4v) is 2.60. The van der Waals surface area contributed by atoms with Crippen LogP contribution in [0.3, 0.4) is 0 Å². The summed E-state index contributed by atoms with van der Waals surface area (Å²) in [5.74, 6) is -1.16. The zero-order valence-electron chi connectivity index (χ0n) is 10.9. The molecule has 0 heterocycles. The van der Waals surface area contributed by atoms with Crippen molar-refractivity contribution in [1.29, 1.82) is 0 Å². The van der Waals surface area contributed by atoms with Crippen molar-refractivity contribution in [2.24, 2.45) is 0 Å². The lowest BCUT2D eigenvalue weighted by molar-refractivity contribution is -0.139. The van der Waals surface area contributed by atoms with Crippen LogP contribution in [0.2, 0.25) is 0 Å². The topological polar surface area (TPSA) is 72.5 Å². The Morgan fingerprint density at radius 1 is 1.35 bits per heavy atom. The first-order valence-corrected chi connectivity index (χ1v) is 7.82. The SMILES string of the molecule is CCCNC(C)CCS(=O)(=O)CC(=O)OCC. The molecule has 1 unspecified atom stereocenters. The van der Waals surface area contributed by atoms with Gasteiger partial charge in [-0.1, -0.05) is 6.92 Å². The average Bonchev–Trinajstić information content (AvgIpc) is 2.23. The summed E-state index contributed by atoms with van der Waals surface area (Å²) in [5.41, 5.74) is 0. The Morgan fingerprint density at radius 3 is 2.53 bits per heavy atom. The van der Waals surface area contributed by atoms with Crippen LogP contribution in [0, 0.1) is 0 Å². The molecule has 0 fully saturated rings. The molecule has 0 radical (unpaired) electrons. The number of nitrogens with one attached hydrogen (secondary N) is 1. The number of hydrogen-bond acceptors (Lipinski definition) is 5. The molecule has 0 aromatic carbocycles. The van der Waals surface area contributed by atoms with Gasteiger partial charge in [-0.2, -0.15) is 0 Å². The van der Waals surface area contributed by atoms with Crippen LogP contribution < -0.4 is 5.32 Å². The highest BCUT2D eigenvalue weighted by molar-refractivity contribution is 7.92. The molecule has 5 nitrogen and oxygen atoms in total. The molecule has 0 spiro atoms. The second-order valence-corrected chi connectivity index (χ2v) is 6.22. The quantitative estimate of drug-likeness (QED) is 0.623. The normalized spacial score (nSPS) is 13.4. The van der Waals surface area contributed by atoms with Gasteiger partial charge in [0.25, 0.3) is 0 Å². The summed E-state index contributed by atoms with van der Waals surface area (Å²) in [5, 5.41) is 3.20. The molecule has 0 saturated carbocycles. The molecule has 0 aliphatic carbocycles. The van der Waals surface area contributed by atoms with E-state index >= 15 is 0 Å². The molecule has 1 atom stereocenters. The standard InChI is InChI=1S/C11H23NO4S/c1-4-7-12-10(3)6-8-17(14,15)9-11(13)16-5-2/h10,12H,4-9H2,1-3H3. The van der Waals surface area contributed by atoms with Crippen molar-refractivity contribution in [3.8, 4) is 0 Å². The molecule has 6 heteroatoms. The van der Waals surface area contributed by atoms with Gasteiger partial charge in [0.1, 0.15) is 5.75 Å². The lowest BCUT2D eigenvalue weighted by Crippen LogP contribution is -2.30. The average molecular weight is 265 g/mol. The zero-order chi connectivity index (χ0) is 13.3. The van der Waals surface area contributed by atoms with Crippen molar-refractivity contribution < 1.29 is 17.9 Å². The van der Waals surface area contributed by atoms with Crippen molar-refractivity contribution in [2.75, 3.05) is 24.7 Å². The van der Waals surface area contributed by atoms with E-state index in [1.807, 2.05) is 6.92 Å². The van der Waals surface area contributed by atoms with Gasteiger partial charge in [0.2, 0.25) is 0 Å². The Hall–Kier alpha value is -0.620. The Labute approximate surface area is 104 Å². The monoisotopic (exact) mass is 265 g/mol. The Kier molecular flexibility index (Phi) is 8.16. The maximum absolute atomic E-state index is 11.6. The van der Waals surface area contributed by atoms with Crippen LogP contribution in [-0.4, -0.2) is 45.1 Å². The van der Waals surface area contributed by atoms with Crippen LogP contribution in [0.5, 0.6) is 0 Å². The minimum atomic E-state index is -3.34. The van der Waals surface area contributed by atoms with Gasteiger partial charge in [-0.3, -0.25) is 4.79 Å². The van der Waals surface area contributed by atoms with E-state index in [2.05, 4.69) is 17.0 Å². The fraction of sp³-hybridized carbons (Fsp3) is 0.909. The van der Waals surface area contributed by atoms with Crippen molar-refractivity contribution in [3.63, 3.8) is 0 Å². The van der Waals surface area contributed by atoms with Crippen molar-refractivity contribution >= 4 is 15.8 Å². The smallest absolute Gasteiger partial charge is 0.321 e. The second-order valence-electron chi connectivity index (χ2n) is 4.04. The number of ether oxygens (including phenoxy) is 1. The summed E-state index contributed by atoms with van der Waals surface area (Å²) in [4.78, 5) is 11.1. The third kappa shape index (κ3) is 9.12. The number of carbonyl (C=O) groups excluding carboxylic acids is 1. The van der Waals surface area contributed by atoms with Crippen molar-refractivity contribution in [1.82, 2.24) is 5.32 Å². The molecule has 102 valence electrons. The number of esters is 1. The Morgan fingerprint density at radius 2 is 2.00 bits per heavy atom. The molecule has 0 rings (SSSR count). The van der Waals surface area contributed by atoms with Gasteiger partial charge in [0.05, 0.1) is 12.4 Å². The lowest BCUT2D eigenvalue weighted by Gasteiger charge is -2.12. The van der Waals surface area contributed by atoms with Crippen molar-refractivity contribution in [2.45, 2.75) is 39.7 Å². The minimum Gasteiger partial charge on any atom is -0.465 e. The Bertz CT molecular complexity index is 313. The number of rotatable bonds is 9. The molecule has 0 aliphatic heterocycles. The molecule has 0 saturated heterocycles. The van der Waals surface area contributed by atoms with E-state index in [0.29, 0.717) is 6.42 Å². The summed E-state index contributed by atoms with van der Waals surface area (Å²) in [6.07, 6.45) is 1.53. The van der Waals surface area contributed by atoms with Crippen LogP contribution in [0.25, 0.3) is 0 Å². The van der Waals surface area contributed by atoms with E-state index in [1.54, 1.807) is 6.92 Å². The third-order valence-electron chi connectivity index (χ3n) is 2.25. The summed E-state index contributed by atoms with van der Waals surface area (Å²) < 4.78 is 27.7. The highest BCUT2D eigenvalue weighted by atomic mass is 32.2. The summed E-state index contributed by atoms with van der Waals surface area (Å²) in [6, 6.07) is 0.145. The van der Waals surface area contributed by atoms with Gasteiger partial charge < -0.3 is 10.1 Å². The molecular weight excluding hydrogens is 242 g/mol. The molecule has 0 aromatic heterocycles. The van der Waals surface area contributed by atoms with E-state index < -0.39 is 21.6 Å². The van der Waals surface area contributed by atoms with E-state index in [1.165, 1.54) is 0 Å². The van der Waals surface area contributed by atoms with Crippen LogP contribution in [0.4, 0.5) is 0 Å². The molecule has 17 heavy (non-hydrogen) atoms. The predicted molar refractivity (Wildman–Crippen MR) is 67.7 cm³/mol. The second kappa shape index (κ2) is 8.47. The van der Waals surface area contributed by atoms with Gasteiger partial charge >= 0.3 is 5.97 Å². The minimum absolute atomic E-state index is 0.0176. The predicted octanol–water partition coefficient (Wildman–Crippen LogP) is 0.743. The molecule has 0 amide bonds. The highest BCUT2D eigenvalue weighted by Crippen LogP contribution is 2.00. The first-order valence-electron chi connectivity index (χ1n) is 6.00. The fourth-order valence-electron chi connectivity index (χ4n) is 1.30. The molecular formula is C11H23NO4S. The third-order valence-corrected chi connectivity index (χ3v) is 3.78. The van der Waals surface area contributed by atoms with Crippen LogP contribution in [0.1, 0.15) is 33.6 Å². The maximum atomic E-state index is 11.6. The van der Waals surface area contributed by atoms with Crippen molar-refractivity contribution in [3.05, 3.63) is 0 Å². The van der Waals surface area contributed by atoms with E-state index in [4.69, 9.17) is 0 Å². The van der Waals surface area contributed by atoms with Gasteiger partial charge in [-0.25, -0.2) is 8.42 Å². The maximum Gasteiger partial charge on any atom is 0.321 e. The van der Waals surface area contributed by atoms with Gasteiger partial charge in [-0.05, 0) is 33.2 Å². The molecule has 0 bridgehead atoms. The number of hydrogen-bond donors (Lipinski definition) is 1. The van der Waals surface area contributed by atoms with E-state index in [9.17, 15) is 13.2 Å². The first kappa shape index (κ1) is 16.4.